The molecule has 5 N–H and O–H groups in total. The Balaban J connectivity index is 2.56. The van der Waals surface area contributed by atoms with E-state index in [9.17, 15) is 0 Å². The topological polar surface area (TPSA) is 125 Å². The monoisotopic (exact) mass is 193 g/mol. The van der Waals surface area contributed by atoms with Gasteiger partial charge in [-0.05, 0) is 0 Å². The van der Waals surface area contributed by atoms with Crippen molar-refractivity contribution in [1.29, 1.82) is 0 Å². The van der Waals surface area contributed by atoms with Crippen LogP contribution in [0.3, 0.4) is 0 Å². The van der Waals surface area contributed by atoms with Gasteiger partial charge in [-0.1, -0.05) is 0 Å². The molecule has 2 rings (SSSR count). The number of guanidine groups is 1. The number of nitrogens with one attached hydrogen (secondary N) is 2. The molecule has 0 fully saturated rings. The largest absolute Gasteiger partial charge is 0.368 e. The molecule has 2 aromatic rings. The second kappa shape index (κ2) is 3.26. The van der Waals surface area contributed by atoms with Gasteiger partial charge in [0.2, 0.25) is 5.96 Å². The van der Waals surface area contributed by atoms with Crippen LogP contribution in [0.15, 0.2) is 17.6 Å². The van der Waals surface area contributed by atoms with Crippen molar-refractivity contribution < 1.29 is 5.21 Å². The second-order valence-electron chi connectivity index (χ2n) is 2.41. The molecule has 0 amide bonds. The third kappa shape index (κ3) is 1.33. The summed E-state index contributed by atoms with van der Waals surface area (Å²) in [5, 5.41) is 8.44. The minimum Gasteiger partial charge on any atom is -0.368 e. The fourth-order valence-corrected chi connectivity index (χ4v) is 0.976. The molecule has 0 radical (unpaired) electrons. The van der Waals surface area contributed by atoms with Gasteiger partial charge in [-0.3, -0.25) is 5.21 Å². The first-order valence-corrected chi connectivity index (χ1v) is 3.69. The van der Waals surface area contributed by atoms with Gasteiger partial charge in [-0.15, -0.1) is 0 Å². The third-order valence-corrected chi connectivity index (χ3v) is 1.54. The Bertz CT molecular complexity index is 476. The Morgan fingerprint density at radius 3 is 3.14 bits per heavy atom. The van der Waals surface area contributed by atoms with E-state index in [4.69, 9.17) is 10.9 Å². The van der Waals surface area contributed by atoms with Crippen LogP contribution in [0.2, 0.25) is 0 Å². The number of aromatic nitrogens is 4. The molecule has 0 aromatic carbocycles. The molecular weight excluding hydrogens is 186 g/mol. The summed E-state index contributed by atoms with van der Waals surface area (Å²) < 4.78 is 0. The van der Waals surface area contributed by atoms with Crippen LogP contribution in [0.5, 0.6) is 0 Å². The zero-order chi connectivity index (χ0) is 9.97. The summed E-state index contributed by atoms with van der Waals surface area (Å²) in [4.78, 5) is 18.3. The molecule has 0 aliphatic rings. The van der Waals surface area contributed by atoms with Gasteiger partial charge in [-0.25, -0.2) is 20.4 Å². The minimum atomic E-state index is -0.153. The van der Waals surface area contributed by atoms with E-state index >= 15 is 0 Å². The fraction of sp³-hybridized carbons (Fsp3) is 0. The third-order valence-electron chi connectivity index (χ3n) is 1.54. The molecule has 8 heteroatoms. The van der Waals surface area contributed by atoms with Crippen LogP contribution in [-0.4, -0.2) is 31.1 Å². The van der Waals surface area contributed by atoms with E-state index in [0.29, 0.717) is 17.0 Å². The molecular formula is C6H7N7O. The molecule has 2 aromatic heterocycles. The number of nitrogens with two attached hydrogens (primary N) is 1. The Morgan fingerprint density at radius 2 is 2.36 bits per heavy atom. The summed E-state index contributed by atoms with van der Waals surface area (Å²) >= 11 is 0. The molecule has 14 heavy (non-hydrogen) atoms. The van der Waals surface area contributed by atoms with Gasteiger partial charge >= 0.3 is 0 Å². The van der Waals surface area contributed by atoms with Gasteiger partial charge in [0.15, 0.2) is 11.5 Å². The van der Waals surface area contributed by atoms with E-state index in [0.717, 1.165) is 0 Å². The number of aromatic amines is 1. The molecule has 8 nitrogen and oxygen atoms in total. The predicted octanol–water partition coefficient (Wildman–Crippen LogP) is -0.722. The summed E-state index contributed by atoms with van der Waals surface area (Å²) in [7, 11) is 0. The number of hydrogen-bond acceptors (Lipinski definition) is 5. The lowest BCUT2D eigenvalue weighted by Crippen LogP contribution is -2.27. The number of hydroxylamine groups is 1. The molecule has 0 unspecified atom stereocenters. The van der Waals surface area contributed by atoms with Crippen molar-refractivity contribution in [3.8, 4) is 0 Å². The number of fused-ring (bicyclic) bond motifs is 1. The van der Waals surface area contributed by atoms with Gasteiger partial charge in [0.25, 0.3) is 0 Å². The maximum Gasteiger partial charge on any atom is 0.219 e. The molecule has 2 heterocycles. The normalized spacial score (nSPS) is 11.9. The second-order valence-corrected chi connectivity index (χ2v) is 2.41. The Kier molecular flexibility index (Phi) is 1.95. The van der Waals surface area contributed by atoms with Crippen LogP contribution in [-0.2, 0) is 0 Å². The van der Waals surface area contributed by atoms with E-state index in [-0.39, 0.29) is 5.96 Å². The SMILES string of the molecule is NC(=Nc1ncnc2nc[nH]c12)NO. The lowest BCUT2D eigenvalue weighted by atomic mass is 10.5. The maximum absolute atomic E-state index is 8.44. The molecule has 0 atom stereocenters. The van der Waals surface area contributed by atoms with Crippen LogP contribution in [0.1, 0.15) is 0 Å². The molecule has 0 aliphatic heterocycles. The van der Waals surface area contributed by atoms with Crippen LogP contribution < -0.4 is 11.2 Å². The average Bonchev–Trinajstić information content (AvgIpc) is 2.66. The number of imidazole rings is 1. The Labute approximate surface area is 77.9 Å². The molecule has 72 valence electrons. The Morgan fingerprint density at radius 1 is 1.50 bits per heavy atom. The number of H-pyrrole nitrogens is 1. The zero-order valence-electron chi connectivity index (χ0n) is 6.97. The molecule has 0 spiro atoms. The first-order chi connectivity index (χ1) is 6.81. The van der Waals surface area contributed by atoms with Crippen molar-refractivity contribution in [2.24, 2.45) is 10.7 Å². The maximum atomic E-state index is 8.44. The number of nitrogens with zero attached hydrogens (tertiary/aromatic N) is 4. The van der Waals surface area contributed by atoms with Crippen molar-refractivity contribution in [1.82, 2.24) is 25.4 Å². The minimum absolute atomic E-state index is 0.153. The lowest BCUT2D eigenvalue weighted by Gasteiger charge is -1.96. The van der Waals surface area contributed by atoms with Crippen LogP contribution in [0.25, 0.3) is 11.2 Å². The smallest absolute Gasteiger partial charge is 0.219 e. The van der Waals surface area contributed by atoms with Crippen molar-refractivity contribution in [3.05, 3.63) is 12.7 Å². The Hall–Kier alpha value is -2.22. The summed E-state index contributed by atoms with van der Waals surface area (Å²) in [5.41, 5.74) is 8.01. The predicted molar refractivity (Wildman–Crippen MR) is 47.9 cm³/mol. The van der Waals surface area contributed by atoms with E-state index in [2.05, 4.69) is 24.9 Å². The standard InChI is InChI=1S/C6H7N7O/c7-6(13-14)12-5-3-4(9-1-8-3)10-2-11-5/h1-2,14H,(H4,7,8,9,10,11,12,13). The highest BCUT2D eigenvalue weighted by Crippen LogP contribution is 2.16. The molecule has 0 saturated carbocycles. The highest BCUT2D eigenvalue weighted by molar-refractivity contribution is 5.86. The summed E-state index contributed by atoms with van der Waals surface area (Å²) in [6.45, 7) is 0. The van der Waals surface area contributed by atoms with Gasteiger partial charge in [0, 0.05) is 0 Å². The van der Waals surface area contributed by atoms with Crippen molar-refractivity contribution in [2.45, 2.75) is 0 Å². The summed E-state index contributed by atoms with van der Waals surface area (Å²) in [6.07, 6.45) is 2.79. The van der Waals surface area contributed by atoms with E-state index in [1.807, 2.05) is 0 Å². The van der Waals surface area contributed by atoms with E-state index in [1.54, 1.807) is 5.48 Å². The van der Waals surface area contributed by atoms with Gasteiger partial charge in [0.1, 0.15) is 11.8 Å². The quantitative estimate of drug-likeness (QED) is 0.269. The zero-order valence-corrected chi connectivity index (χ0v) is 6.97. The van der Waals surface area contributed by atoms with Gasteiger partial charge in [-0.2, -0.15) is 4.99 Å². The van der Waals surface area contributed by atoms with Crippen LogP contribution >= 0.6 is 0 Å². The summed E-state index contributed by atoms with van der Waals surface area (Å²) in [6, 6.07) is 0. The van der Waals surface area contributed by atoms with Crippen LogP contribution in [0.4, 0.5) is 5.82 Å². The van der Waals surface area contributed by atoms with Crippen molar-refractivity contribution in [3.63, 3.8) is 0 Å². The molecule has 0 saturated heterocycles. The van der Waals surface area contributed by atoms with Gasteiger partial charge < -0.3 is 10.7 Å². The number of hydrogen-bond donors (Lipinski definition) is 4. The lowest BCUT2D eigenvalue weighted by molar-refractivity contribution is 0.233. The average molecular weight is 193 g/mol. The number of rotatable bonds is 1. The first kappa shape index (κ1) is 8.38. The fourth-order valence-electron chi connectivity index (χ4n) is 0.976. The highest BCUT2D eigenvalue weighted by atomic mass is 16.5. The van der Waals surface area contributed by atoms with E-state index < -0.39 is 0 Å². The molecule has 0 bridgehead atoms. The van der Waals surface area contributed by atoms with Crippen LogP contribution in [0, 0.1) is 0 Å². The summed E-state index contributed by atoms with van der Waals surface area (Å²) in [5.74, 6) is 0.158. The molecule has 0 aliphatic carbocycles. The van der Waals surface area contributed by atoms with Gasteiger partial charge in [0.05, 0.1) is 6.33 Å². The van der Waals surface area contributed by atoms with E-state index in [1.165, 1.54) is 12.7 Å². The van der Waals surface area contributed by atoms with Crippen molar-refractivity contribution >= 4 is 22.9 Å². The van der Waals surface area contributed by atoms with Crippen molar-refractivity contribution in [2.75, 3.05) is 0 Å². The highest BCUT2D eigenvalue weighted by Gasteiger charge is 2.04. The first-order valence-electron chi connectivity index (χ1n) is 3.69. The number of aliphatic imine (C=N–C) groups is 1.